The number of benzene rings is 2. The number of aryl methyl sites for hydroxylation is 1. The maximum absolute atomic E-state index is 12.7. The fourth-order valence-electron chi connectivity index (χ4n) is 3.32. The van der Waals surface area contributed by atoms with Gasteiger partial charge in [0.2, 0.25) is 0 Å². The van der Waals surface area contributed by atoms with Crippen LogP contribution in [0.1, 0.15) is 27.3 Å². The van der Waals surface area contributed by atoms with Crippen LogP contribution in [-0.2, 0) is 13.0 Å². The van der Waals surface area contributed by atoms with Crippen molar-refractivity contribution >= 4 is 17.5 Å². The van der Waals surface area contributed by atoms with Crippen LogP contribution in [0.25, 0.3) is 11.1 Å². The molecule has 1 aromatic heterocycles. The summed E-state index contributed by atoms with van der Waals surface area (Å²) in [5, 5.41) is 9.01. The second kappa shape index (κ2) is 6.92. The maximum atomic E-state index is 12.7. The van der Waals surface area contributed by atoms with Crippen LogP contribution in [0.3, 0.4) is 0 Å². The van der Waals surface area contributed by atoms with E-state index in [2.05, 4.69) is 41.0 Å². The van der Waals surface area contributed by atoms with Crippen molar-refractivity contribution in [2.24, 2.45) is 0 Å². The van der Waals surface area contributed by atoms with Crippen LogP contribution in [0.15, 0.2) is 60.3 Å². The van der Waals surface area contributed by atoms with Crippen molar-refractivity contribution in [1.82, 2.24) is 14.8 Å². The van der Waals surface area contributed by atoms with Crippen molar-refractivity contribution < 1.29 is 4.79 Å². The van der Waals surface area contributed by atoms with E-state index < -0.39 is 0 Å². The number of fused-ring (bicyclic) bond motifs is 3. The molecule has 0 amide bonds. The molecule has 130 valence electrons. The van der Waals surface area contributed by atoms with Gasteiger partial charge in [-0.2, -0.15) is 0 Å². The minimum Gasteiger partial charge on any atom is -0.302 e. The molecule has 0 bridgehead atoms. The van der Waals surface area contributed by atoms with E-state index >= 15 is 0 Å². The number of rotatable bonds is 6. The second-order valence-electron chi connectivity index (χ2n) is 6.35. The summed E-state index contributed by atoms with van der Waals surface area (Å²) >= 11 is 1.42. The summed E-state index contributed by atoms with van der Waals surface area (Å²) < 4.78 is 1.96. The maximum Gasteiger partial charge on any atom is 0.191 e. The minimum absolute atomic E-state index is 0.105. The van der Waals surface area contributed by atoms with Gasteiger partial charge in [0.05, 0.1) is 5.75 Å². The van der Waals surface area contributed by atoms with Gasteiger partial charge in [0.15, 0.2) is 10.9 Å². The molecule has 3 aromatic rings. The van der Waals surface area contributed by atoms with E-state index in [0.29, 0.717) is 12.3 Å². The van der Waals surface area contributed by atoms with Crippen LogP contribution in [0.5, 0.6) is 0 Å². The predicted molar refractivity (Wildman–Crippen MR) is 105 cm³/mol. The Morgan fingerprint density at radius 3 is 2.85 bits per heavy atom. The quantitative estimate of drug-likeness (QED) is 0.291. The van der Waals surface area contributed by atoms with E-state index in [9.17, 15) is 4.79 Å². The normalized spacial score (nSPS) is 11.9. The summed E-state index contributed by atoms with van der Waals surface area (Å²) in [5.74, 6) is 1.28. The first kappa shape index (κ1) is 16.8. The Balaban J connectivity index is 1.53. The van der Waals surface area contributed by atoms with Gasteiger partial charge < -0.3 is 4.57 Å². The highest BCUT2D eigenvalue weighted by Gasteiger charge is 2.20. The third-order valence-corrected chi connectivity index (χ3v) is 5.63. The molecule has 4 rings (SSSR count). The number of carbonyl (C=O) groups is 1. The molecule has 0 unspecified atom stereocenters. The van der Waals surface area contributed by atoms with Crippen molar-refractivity contribution in [3.8, 4) is 11.1 Å². The van der Waals surface area contributed by atoms with Crippen molar-refractivity contribution in [2.75, 3.05) is 5.75 Å². The number of Topliss-reactive ketones (excluding diaryl/α,β-unsaturated/α-hetero) is 1. The number of hydrogen-bond acceptors (Lipinski definition) is 4. The fraction of sp³-hybridized carbons (Fsp3) is 0.190. The van der Waals surface area contributed by atoms with Gasteiger partial charge in [-0.15, -0.1) is 16.8 Å². The number of carbonyl (C=O) groups excluding carboxylic acids is 1. The standard InChI is InChI=1S/C21H19N3OS/c1-3-10-24-14(2)22-23-21(24)26-13-20(25)17-9-8-16-11-15-6-4-5-7-18(15)19(16)12-17/h3-9,12H,1,10-11,13H2,2H3. The van der Waals surface area contributed by atoms with Crippen LogP contribution >= 0.6 is 11.8 Å². The Morgan fingerprint density at radius 2 is 2.00 bits per heavy atom. The van der Waals surface area contributed by atoms with Gasteiger partial charge in [0.25, 0.3) is 0 Å². The molecular formula is C21H19N3OS. The molecule has 0 spiro atoms. The van der Waals surface area contributed by atoms with Crippen molar-refractivity contribution in [3.63, 3.8) is 0 Å². The van der Waals surface area contributed by atoms with Crippen molar-refractivity contribution in [3.05, 3.63) is 77.6 Å². The van der Waals surface area contributed by atoms with Crippen LogP contribution in [0, 0.1) is 6.92 Å². The molecule has 5 heteroatoms. The number of allylic oxidation sites excluding steroid dienone is 1. The van der Waals surface area contributed by atoms with E-state index in [1.807, 2.05) is 29.7 Å². The summed E-state index contributed by atoms with van der Waals surface area (Å²) in [7, 11) is 0. The Bertz CT molecular complexity index is 1010. The molecule has 1 aliphatic carbocycles. The number of ketones is 1. The number of aromatic nitrogens is 3. The SMILES string of the molecule is C=CCn1c(C)nnc1SCC(=O)c1ccc2c(c1)-c1ccccc1C2. The number of nitrogens with zero attached hydrogens (tertiary/aromatic N) is 3. The monoisotopic (exact) mass is 361 g/mol. The van der Waals surface area contributed by atoms with Gasteiger partial charge in [-0.3, -0.25) is 4.79 Å². The lowest BCUT2D eigenvalue weighted by molar-refractivity contribution is 0.102. The molecule has 0 saturated heterocycles. The lowest BCUT2D eigenvalue weighted by Crippen LogP contribution is -2.05. The lowest BCUT2D eigenvalue weighted by Gasteiger charge is -2.07. The highest BCUT2D eigenvalue weighted by molar-refractivity contribution is 7.99. The van der Waals surface area contributed by atoms with Gasteiger partial charge in [-0.05, 0) is 41.7 Å². The number of thioether (sulfide) groups is 1. The molecule has 0 aliphatic heterocycles. The average Bonchev–Trinajstić information content (AvgIpc) is 3.20. The molecule has 0 radical (unpaired) electrons. The Hall–Kier alpha value is -2.66. The zero-order valence-corrected chi connectivity index (χ0v) is 15.4. The molecule has 1 aliphatic rings. The predicted octanol–water partition coefficient (Wildman–Crippen LogP) is 4.32. The third kappa shape index (κ3) is 2.99. The molecule has 4 nitrogen and oxygen atoms in total. The Morgan fingerprint density at radius 1 is 1.19 bits per heavy atom. The molecule has 0 atom stereocenters. The summed E-state index contributed by atoms with van der Waals surface area (Å²) in [4.78, 5) is 12.7. The first-order valence-electron chi connectivity index (χ1n) is 8.55. The van der Waals surface area contributed by atoms with Crippen LogP contribution in [-0.4, -0.2) is 26.3 Å². The van der Waals surface area contributed by atoms with Gasteiger partial charge in [-0.25, -0.2) is 0 Å². The molecule has 0 N–H and O–H groups in total. The van der Waals surface area contributed by atoms with Crippen molar-refractivity contribution in [2.45, 2.75) is 25.0 Å². The zero-order chi connectivity index (χ0) is 18.1. The highest BCUT2D eigenvalue weighted by Crippen LogP contribution is 2.37. The van der Waals surface area contributed by atoms with Gasteiger partial charge >= 0.3 is 0 Å². The van der Waals surface area contributed by atoms with Gasteiger partial charge in [-0.1, -0.05) is 54.2 Å². The fourth-order valence-corrected chi connectivity index (χ4v) is 4.21. The first-order valence-corrected chi connectivity index (χ1v) is 9.54. The molecule has 2 aromatic carbocycles. The highest BCUT2D eigenvalue weighted by atomic mass is 32.2. The van der Waals surface area contributed by atoms with E-state index in [1.54, 1.807) is 6.08 Å². The molecular weight excluding hydrogens is 342 g/mol. The number of hydrogen-bond donors (Lipinski definition) is 0. The van der Waals surface area contributed by atoms with Crippen LogP contribution in [0.2, 0.25) is 0 Å². The third-order valence-electron chi connectivity index (χ3n) is 4.67. The summed E-state index contributed by atoms with van der Waals surface area (Å²) in [6.45, 7) is 6.31. The summed E-state index contributed by atoms with van der Waals surface area (Å²) in [6, 6.07) is 14.4. The Labute approximate surface area is 157 Å². The van der Waals surface area contributed by atoms with Gasteiger partial charge in [0.1, 0.15) is 5.82 Å². The van der Waals surface area contributed by atoms with Crippen LogP contribution < -0.4 is 0 Å². The minimum atomic E-state index is 0.105. The zero-order valence-electron chi connectivity index (χ0n) is 14.6. The smallest absolute Gasteiger partial charge is 0.191 e. The Kier molecular flexibility index (Phi) is 4.47. The van der Waals surface area contributed by atoms with E-state index in [1.165, 1.54) is 34.0 Å². The lowest BCUT2D eigenvalue weighted by atomic mass is 10.0. The molecule has 1 heterocycles. The van der Waals surface area contributed by atoms with E-state index in [0.717, 1.165) is 23.0 Å². The van der Waals surface area contributed by atoms with Gasteiger partial charge in [0, 0.05) is 12.1 Å². The van der Waals surface area contributed by atoms with Crippen LogP contribution in [0.4, 0.5) is 0 Å². The molecule has 26 heavy (non-hydrogen) atoms. The first-order chi connectivity index (χ1) is 12.7. The second-order valence-corrected chi connectivity index (χ2v) is 7.29. The topological polar surface area (TPSA) is 47.8 Å². The summed E-state index contributed by atoms with van der Waals surface area (Å²) in [6.07, 6.45) is 2.75. The molecule has 0 fully saturated rings. The van der Waals surface area contributed by atoms with E-state index in [-0.39, 0.29) is 5.78 Å². The summed E-state index contributed by atoms with van der Waals surface area (Å²) in [5.41, 5.74) is 5.79. The van der Waals surface area contributed by atoms with Crippen molar-refractivity contribution in [1.29, 1.82) is 0 Å². The largest absolute Gasteiger partial charge is 0.302 e. The van der Waals surface area contributed by atoms with E-state index in [4.69, 9.17) is 0 Å². The average molecular weight is 361 g/mol. The molecule has 0 saturated carbocycles.